The average molecular weight is 639 g/mol. The smallest absolute Gasteiger partial charge is 0.433 e. The Balaban J connectivity index is 1.92. The molecule has 2 aliphatic heterocycles. The topological polar surface area (TPSA) is 74.6 Å². The van der Waals surface area contributed by atoms with E-state index in [4.69, 9.17) is 4.74 Å². The minimum absolute atomic E-state index is 0.00282. The third kappa shape index (κ3) is 7.11. The number of alkyl halides is 9. The number of quaternary nitrogens is 1. The Morgan fingerprint density at radius 2 is 1.64 bits per heavy atom. The van der Waals surface area contributed by atoms with Crippen molar-refractivity contribution in [2.75, 3.05) is 4.90 Å². The fourth-order valence-electron chi connectivity index (χ4n) is 5.14. The molecule has 0 aliphatic carbocycles. The first-order valence-corrected chi connectivity index (χ1v) is 13.5. The molecule has 240 valence electrons. The normalized spacial score (nSPS) is 19.1. The van der Waals surface area contributed by atoms with Gasteiger partial charge in [-0.05, 0) is 62.6 Å². The van der Waals surface area contributed by atoms with Crippen molar-refractivity contribution in [1.29, 1.82) is 0 Å². The highest BCUT2D eigenvalue weighted by Crippen LogP contribution is 2.44. The first-order valence-electron chi connectivity index (χ1n) is 13.5. The zero-order chi connectivity index (χ0) is 32.8. The maximum atomic E-state index is 13.8. The zero-order valence-corrected chi connectivity index (χ0v) is 23.9. The van der Waals surface area contributed by atoms with Crippen LogP contribution in [0.5, 0.6) is 0 Å². The third-order valence-corrected chi connectivity index (χ3v) is 7.06. The number of fused-ring (bicyclic) bond motifs is 1. The molecule has 0 bridgehead atoms. The van der Waals surface area contributed by atoms with E-state index in [1.165, 1.54) is 21.3 Å². The Kier molecular flexibility index (Phi) is 8.97. The van der Waals surface area contributed by atoms with Gasteiger partial charge in [0.1, 0.15) is 11.4 Å². The monoisotopic (exact) mass is 638 g/mol. The van der Waals surface area contributed by atoms with Crippen molar-refractivity contribution in [2.24, 2.45) is 5.10 Å². The molecule has 0 spiro atoms. The summed E-state index contributed by atoms with van der Waals surface area (Å²) in [4.78, 5) is 19.5. The number of amides is 1. The zero-order valence-electron chi connectivity index (χ0n) is 23.9. The summed E-state index contributed by atoms with van der Waals surface area (Å²) >= 11 is 0. The number of rotatable bonds is 5. The molecule has 16 heteroatoms. The predicted octanol–water partition coefficient (Wildman–Crippen LogP) is 7.01. The number of ether oxygens (including phenoxy) is 1. The van der Waals surface area contributed by atoms with Gasteiger partial charge in [0, 0.05) is 25.6 Å². The van der Waals surface area contributed by atoms with Crippen LogP contribution in [0.4, 0.5) is 50.0 Å². The van der Waals surface area contributed by atoms with E-state index in [0.717, 1.165) is 6.07 Å². The van der Waals surface area contributed by atoms with E-state index >= 15 is 0 Å². The van der Waals surface area contributed by atoms with E-state index in [1.807, 2.05) is 0 Å². The number of nitrogens with zero attached hydrogens (tertiary/aromatic N) is 4. The first kappa shape index (κ1) is 33.1. The molecule has 0 fully saturated rings. The summed E-state index contributed by atoms with van der Waals surface area (Å²) < 4.78 is 129. The summed E-state index contributed by atoms with van der Waals surface area (Å²) in [6.07, 6.45) is -14.8. The van der Waals surface area contributed by atoms with Gasteiger partial charge in [-0.25, -0.2) is 9.78 Å². The van der Waals surface area contributed by atoms with Crippen molar-refractivity contribution in [3.63, 3.8) is 0 Å². The largest absolute Gasteiger partial charge is 0.446 e. The van der Waals surface area contributed by atoms with Crippen molar-refractivity contribution in [1.82, 2.24) is 9.88 Å². The van der Waals surface area contributed by atoms with Gasteiger partial charge in [0.15, 0.2) is 5.84 Å². The number of benzene rings is 1. The Labute approximate surface area is 246 Å². The van der Waals surface area contributed by atoms with Gasteiger partial charge in [-0.15, -0.1) is 0 Å². The summed E-state index contributed by atoms with van der Waals surface area (Å²) in [5.74, 6) is 0.0942. The second-order valence-electron chi connectivity index (χ2n) is 10.8. The van der Waals surface area contributed by atoms with Crippen LogP contribution in [-0.2, 0) is 29.8 Å². The van der Waals surface area contributed by atoms with E-state index in [9.17, 15) is 44.3 Å². The molecule has 1 aromatic carbocycles. The van der Waals surface area contributed by atoms with Gasteiger partial charge in [0.05, 0.1) is 34.7 Å². The van der Waals surface area contributed by atoms with Crippen molar-refractivity contribution < 1.29 is 54.5 Å². The Morgan fingerprint density at radius 1 is 1.02 bits per heavy atom. The number of allylic oxidation sites excluding steroid dienone is 1. The van der Waals surface area contributed by atoms with Crippen molar-refractivity contribution in [2.45, 2.75) is 83.8 Å². The molecule has 2 aliphatic rings. The van der Waals surface area contributed by atoms with Gasteiger partial charge in [0.2, 0.25) is 0 Å². The lowest BCUT2D eigenvalue weighted by Gasteiger charge is -2.43. The Bertz CT molecular complexity index is 1430. The summed E-state index contributed by atoms with van der Waals surface area (Å²) in [6, 6.07) is 1.06. The van der Waals surface area contributed by atoms with Crippen molar-refractivity contribution in [3.8, 4) is 0 Å². The predicted molar refractivity (Wildman–Crippen MR) is 140 cm³/mol. The second kappa shape index (κ2) is 11.9. The number of carbonyl (C=O) groups is 1. The summed E-state index contributed by atoms with van der Waals surface area (Å²) in [7, 11) is 0. The quantitative estimate of drug-likeness (QED) is 0.283. The molecular weight excluding hydrogens is 609 g/mol. The van der Waals surface area contributed by atoms with Crippen LogP contribution >= 0.6 is 0 Å². The van der Waals surface area contributed by atoms with E-state index in [-0.39, 0.29) is 36.1 Å². The number of aromatic nitrogens is 1. The highest BCUT2D eigenvalue weighted by molar-refractivity contribution is 5.95. The molecular formula is C28H29F9N5O2+. The molecule has 44 heavy (non-hydrogen) atoms. The molecule has 0 saturated carbocycles. The summed E-state index contributed by atoms with van der Waals surface area (Å²) in [5, 5.41) is 4.24. The molecule has 2 atom stereocenters. The minimum Gasteiger partial charge on any atom is -0.446 e. The highest BCUT2D eigenvalue weighted by Gasteiger charge is 2.44. The molecule has 2 unspecified atom stereocenters. The number of anilines is 1. The third-order valence-electron chi connectivity index (χ3n) is 7.06. The molecule has 0 saturated heterocycles. The van der Waals surface area contributed by atoms with Gasteiger partial charge in [-0.3, -0.25) is 4.90 Å². The molecule has 7 nitrogen and oxygen atoms in total. The molecule has 2 N–H and O–H groups in total. The number of halogens is 9. The maximum absolute atomic E-state index is 13.8. The Hall–Kier alpha value is -3.82. The van der Waals surface area contributed by atoms with Gasteiger partial charge >= 0.3 is 24.6 Å². The summed E-state index contributed by atoms with van der Waals surface area (Å²) in [6.45, 7) is 5.95. The number of carbonyl (C=O) groups excluding carboxylic acids is 1. The average Bonchev–Trinajstić information content (AvgIpc) is 3.34. The molecule has 1 aromatic heterocycles. The summed E-state index contributed by atoms with van der Waals surface area (Å²) in [5.41, 5.74) is -3.06. The van der Waals surface area contributed by atoms with Crippen LogP contribution in [0.15, 0.2) is 47.2 Å². The molecule has 2 aromatic rings. The van der Waals surface area contributed by atoms with Gasteiger partial charge in [0.25, 0.3) is 0 Å². The van der Waals surface area contributed by atoms with Crippen molar-refractivity contribution in [3.05, 3.63) is 70.2 Å². The molecule has 1 amide bonds. The fourth-order valence-corrected chi connectivity index (χ4v) is 5.14. The molecule has 4 rings (SSSR count). The highest BCUT2D eigenvalue weighted by atomic mass is 19.4. The number of nitrogens with two attached hydrogens (primary N) is 1. The number of hydrogen-bond acceptors (Lipinski definition) is 5. The van der Waals surface area contributed by atoms with E-state index in [2.05, 4.69) is 10.1 Å². The van der Waals surface area contributed by atoms with Crippen LogP contribution < -0.4 is 10.3 Å². The fraction of sp³-hybridized carbons (Fsp3) is 0.464. The lowest BCUT2D eigenvalue weighted by molar-refractivity contribution is -0.608. The minimum atomic E-state index is -5.11. The lowest BCUT2D eigenvalue weighted by Crippen LogP contribution is -2.73. The second-order valence-corrected chi connectivity index (χ2v) is 10.8. The lowest BCUT2D eigenvalue weighted by atomic mass is 9.91. The molecule has 3 heterocycles. The van der Waals surface area contributed by atoms with Crippen LogP contribution in [0.25, 0.3) is 0 Å². The standard InChI is InChI=1S/C28H28F9N5O2/c1-5-19-12-21(24-20(42(19)25(43)44-14(2)3)6-7-22(38-24)28(35,36)37)41(23-8-15(4)39-40-23)13-16-9-17(26(29,30)31)11-18(10-16)27(32,33)34/h6-11,14,19,21H,5,12-13H2,1-4H3,(H,39,40)/p+1. The van der Waals surface area contributed by atoms with E-state index in [0.29, 0.717) is 23.9 Å². The number of hydrogen-bond donors (Lipinski definition) is 1. The first-order chi connectivity index (χ1) is 20.3. The van der Waals surface area contributed by atoms with Crippen LogP contribution in [0.1, 0.15) is 74.7 Å². The molecule has 0 radical (unpaired) electrons. The van der Waals surface area contributed by atoms with Crippen LogP contribution in [0.2, 0.25) is 0 Å². The van der Waals surface area contributed by atoms with Crippen LogP contribution in [-0.4, -0.2) is 34.0 Å². The number of amidine groups is 1. The maximum Gasteiger partial charge on any atom is 0.433 e. The Morgan fingerprint density at radius 3 is 2.11 bits per heavy atom. The van der Waals surface area contributed by atoms with E-state index in [1.54, 1.807) is 27.7 Å². The van der Waals surface area contributed by atoms with E-state index < -0.39 is 71.7 Å². The number of pyridine rings is 1. The SMILES string of the molecule is CCC1CC(N(Cc2cc(C(F)(F)F)cc(C(F)(F)F)c2)C2=N[NH2+]C(C)=C2)c2nc(C(F)(F)F)ccc2N1C(=O)OC(C)C. The van der Waals surface area contributed by atoms with Gasteiger partial charge in [-0.2, -0.15) is 44.9 Å². The van der Waals surface area contributed by atoms with Crippen LogP contribution in [0, 0.1) is 0 Å². The van der Waals surface area contributed by atoms with Gasteiger partial charge in [-0.1, -0.05) is 12.0 Å². The van der Waals surface area contributed by atoms with Crippen molar-refractivity contribution >= 4 is 17.6 Å². The van der Waals surface area contributed by atoms with Crippen LogP contribution in [0.3, 0.4) is 0 Å². The van der Waals surface area contributed by atoms with Gasteiger partial charge < -0.3 is 9.64 Å².